The summed E-state index contributed by atoms with van der Waals surface area (Å²) in [6.45, 7) is -1.35. The fraction of sp³-hybridized carbons (Fsp3) is 0.875. The molecule has 0 aliphatic heterocycles. The number of amides is 1. The van der Waals surface area contributed by atoms with Gasteiger partial charge in [-0.25, -0.2) is 5.48 Å². The standard InChI is InChI=1S/C8H13F3N2O2/c9-8(10,11)5-15-13-6(14)7(4-12)2-1-3-7/h1-5,12H2,(H,13,14). The Balaban J connectivity index is 2.30. The molecular formula is C8H13F3N2O2. The van der Waals surface area contributed by atoms with Crippen molar-refractivity contribution < 1.29 is 22.8 Å². The van der Waals surface area contributed by atoms with Gasteiger partial charge in [0.2, 0.25) is 0 Å². The molecule has 1 amide bonds. The summed E-state index contributed by atoms with van der Waals surface area (Å²) in [4.78, 5) is 15.4. The van der Waals surface area contributed by atoms with Gasteiger partial charge in [0, 0.05) is 6.54 Å². The highest BCUT2D eigenvalue weighted by Gasteiger charge is 2.43. The first-order chi connectivity index (χ1) is 6.90. The number of halogens is 3. The molecule has 88 valence electrons. The van der Waals surface area contributed by atoms with Gasteiger partial charge in [-0.1, -0.05) is 6.42 Å². The quantitative estimate of drug-likeness (QED) is 0.694. The van der Waals surface area contributed by atoms with Crippen molar-refractivity contribution in [3.63, 3.8) is 0 Å². The van der Waals surface area contributed by atoms with Crippen LogP contribution in [0.5, 0.6) is 0 Å². The van der Waals surface area contributed by atoms with Gasteiger partial charge in [-0.05, 0) is 12.8 Å². The van der Waals surface area contributed by atoms with E-state index in [-0.39, 0.29) is 6.54 Å². The highest BCUT2D eigenvalue weighted by Crippen LogP contribution is 2.39. The summed E-state index contributed by atoms with van der Waals surface area (Å²) in [5.74, 6) is -0.555. The van der Waals surface area contributed by atoms with Gasteiger partial charge in [-0.15, -0.1) is 0 Å². The SMILES string of the molecule is NCC1(C(=O)NOCC(F)(F)F)CCC1. The molecule has 0 radical (unpaired) electrons. The number of nitrogens with two attached hydrogens (primary N) is 1. The zero-order valence-electron chi connectivity index (χ0n) is 8.06. The molecule has 0 heterocycles. The average Bonchev–Trinajstić information content (AvgIpc) is 2.00. The number of carbonyl (C=O) groups excluding carboxylic acids is 1. The van der Waals surface area contributed by atoms with Crippen molar-refractivity contribution in [1.82, 2.24) is 5.48 Å². The predicted molar refractivity (Wildman–Crippen MR) is 45.5 cm³/mol. The molecule has 0 aromatic carbocycles. The first-order valence-electron chi connectivity index (χ1n) is 4.59. The summed E-state index contributed by atoms with van der Waals surface area (Å²) in [6, 6.07) is 0. The van der Waals surface area contributed by atoms with Gasteiger partial charge in [0.1, 0.15) is 0 Å². The van der Waals surface area contributed by atoms with Gasteiger partial charge >= 0.3 is 6.18 Å². The molecule has 1 rings (SSSR count). The van der Waals surface area contributed by atoms with Crippen LogP contribution < -0.4 is 11.2 Å². The summed E-state index contributed by atoms with van der Waals surface area (Å²) in [5.41, 5.74) is 6.47. The van der Waals surface area contributed by atoms with Gasteiger partial charge in [0.05, 0.1) is 5.41 Å². The summed E-state index contributed by atoms with van der Waals surface area (Å²) in [6.07, 6.45) is -2.37. The zero-order valence-corrected chi connectivity index (χ0v) is 8.06. The number of rotatable bonds is 4. The molecule has 0 bridgehead atoms. The van der Waals surface area contributed by atoms with E-state index in [1.54, 1.807) is 5.48 Å². The Morgan fingerprint density at radius 2 is 2.07 bits per heavy atom. The largest absolute Gasteiger partial charge is 0.414 e. The van der Waals surface area contributed by atoms with Crippen LogP contribution in [0.3, 0.4) is 0 Å². The van der Waals surface area contributed by atoms with Crippen LogP contribution in [0.1, 0.15) is 19.3 Å². The highest BCUT2D eigenvalue weighted by atomic mass is 19.4. The van der Waals surface area contributed by atoms with Gasteiger partial charge in [-0.3, -0.25) is 9.63 Å². The van der Waals surface area contributed by atoms with E-state index in [0.29, 0.717) is 12.8 Å². The van der Waals surface area contributed by atoms with Crippen LogP contribution in [-0.4, -0.2) is 25.2 Å². The van der Waals surface area contributed by atoms with E-state index >= 15 is 0 Å². The summed E-state index contributed by atoms with van der Waals surface area (Å²) >= 11 is 0. The van der Waals surface area contributed by atoms with E-state index < -0.39 is 24.1 Å². The van der Waals surface area contributed by atoms with Crippen molar-refractivity contribution in [2.45, 2.75) is 25.4 Å². The molecule has 4 nitrogen and oxygen atoms in total. The Kier molecular flexibility index (Phi) is 3.56. The summed E-state index contributed by atoms with van der Waals surface area (Å²) in [7, 11) is 0. The van der Waals surface area contributed by atoms with Crippen molar-refractivity contribution in [3.8, 4) is 0 Å². The Labute approximate surface area is 84.9 Å². The molecule has 0 saturated heterocycles. The molecule has 1 aliphatic rings. The third kappa shape index (κ3) is 3.07. The fourth-order valence-electron chi connectivity index (χ4n) is 1.42. The molecule has 1 fully saturated rings. The molecular weight excluding hydrogens is 213 g/mol. The molecule has 0 spiro atoms. The fourth-order valence-corrected chi connectivity index (χ4v) is 1.42. The maximum atomic E-state index is 11.7. The van der Waals surface area contributed by atoms with Gasteiger partial charge in [0.15, 0.2) is 6.61 Å². The minimum Gasteiger partial charge on any atom is -0.329 e. The zero-order chi connectivity index (χ0) is 11.5. The maximum absolute atomic E-state index is 11.7. The lowest BCUT2D eigenvalue weighted by atomic mass is 9.68. The minimum atomic E-state index is -4.44. The van der Waals surface area contributed by atoms with Crippen LogP contribution in [0, 0.1) is 5.41 Å². The first-order valence-corrected chi connectivity index (χ1v) is 4.59. The van der Waals surface area contributed by atoms with E-state index in [2.05, 4.69) is 4.84 Å². The van der Waals surface area contributed by atoms with Gasteiger partial charge < -0.3 is 5.73 Å². The number of hydrogen-bond acceptors (Lipinski definition) is 3. The van der Waals surface area contributed by atoms with E-state index in [1.165, 1.54) is 0 Å². The Morgan fingerprint density at radius 1 is 1.47 bits per heavy atom. The summed E-state index contributed by atoms with van der Waals surface area (Å²) < 4.78 is 35.0. The lowest BCUT2D eigenvalue weighted by Gasteiger charge is -2.38. The van der Waals surface area contributed by atoms with Crippen LogP contribution >= 0.6 is 0 Å². The summed E-state index contributed by atoms with van der Waals surface area (Å²) in [5, 5.41) is 0. The molecule has 15 heavy (non-hydrogen) atoms. The van der Waals surface area contributed by atoms with E-state index in [4.69, 9.17) is 5.73 Å². The van der Waals surface area contributed by atoms with Crippen molar-refractivity contribution >= 4 is 5.91 Å². The monoisotopic (exact) mass is 226 g/mol. The van der Waals surface area contributed by atoms with Crippen LogP contribution in [0.15, 0.2) is 0 Å². The Hall–Kier alpha value is -0.820. The van der Waals surface area contributed by atoms with Crippen molar-refractivity contribution in [1.29, 1.82) is 0 Å². The van der Waals surface area contributed by atoms with Gasteiger partial charge in [-0.2, -0.15) is 13.2 Å². The molecule has 0 aromatic rings. The number of hydrogen-bond donors (Lipinski definition) is 2. The number of alkyl halides is 3. The third-order valence-corrected chi connectivity index (χ3v) is 2.58. The maximum Gasteiger partial charge on any atom is 0.414 e. The minimum absolute atomic E-state index is 0.133. The first kappa shape index (κ1) is 12.3. The van der Waals surface area contributed by atoms with Crippen LogP contribution in [-0.2, 0) is 9.63 Å². The Morgan fingerprint density at radius 3 is 2.40 bits per heavy atom. The van der Waals surface area contributed by atoms with Crippen LogP contribution in [0.2, 0.25) is 0 Å². The molecule has 0 unspecified atom stereocenters. The van der Waals surface area contributed by atoms with Crippen LogP contribution in [0.4, 0.5) is 13.2 Å². The molecule has 3 N–H and O–H groups in total. The third-order valence-electron chi connectivity index (χ3n) is 2.58. The molecule has 0 atom stereocenters. The molecule has 0 aromatic heterocycles. The van der Waals surface area contributed by atoms with E-state index in [0.717, 1.165) is 6.42 Å². The molecule has 1 aliphatic carbocycles. The molecule has 1 saturated carbocycles. The van der Waals surface area contributed by atoms with Crippen LogP contribution in [0.25, 0.3) is 0 Å². The van der Waals surface area contributed by atoms with Crippen molar-refractivity contribution in [3.05, 3.63) is 0 Å². The van der Waals surface area contributed by atoms with E-state index in [1.807, 2.05) is 0 Å². The topological polar surface area (TPSA) is 64.4 Å². The Bertz CT molecular complexity index is 233. The second-order valence-electron chi connectivity index (χ2n) is 3.67. The van der Waals surface area contributed by atoms with Crippen molar-refractivity contribution in [2.24, 2.45) is 11.1 Å². The average molecular weight is 226 g/mol. The smallest absolute Gasteiger partial charge is 0.329 e. The second kappa shape index (κ2) is 4.36. The lowest BCUT2D eigenvalue weighted by Crippen LogP contribution is -2.50. The molecule has 7 heteroatoms. The normalized spacial score (nSPS) is 19.5. The lowest BCUT2D eigenvalue weighted by molar-refractivity contribution is -0.195. The number of hydroxylamine groups is 1. The van der Waals surface area contributed by atoms with Gasteiger partial charge in [0.25, 0.3) is 5.91 Å². The highest BCUT2D eigenvalue weighted by molar-refractivity contribution is 5.82. The predicted octanol–water partition coefficient (Wildman–Crippen LogP) is 0.725. The van der Waals surface area contributed by atoms with Crippen molar-refractivity contribution in [2.75, 3.05) is 13.2 Å². The second-order valence-corrected chi connectivity index (χ2v) is 3.67. The van der Waals surface area contributed by atoms with E-state index in [9.17, 15) is 18.0 Å². The number of carbonyl (C=O) groups is 1. The number of nitrogens with one attached hydrogen (secondary N) is 1.